The van der Waals surface area contributed by atoms with E-state index in [0.29, 0.717) is 13.1 Å². The Hall–Kier alpha value is -2.86. The lowest BCUT2D eigenvalue weighted by Gasteiger charge is -2.18. The molecular formula is C15H13N5O2S. The standard InChI is InChI=1S/C15H13N5O2S/c16-9-12(10-17)14(11-18)19-13-5-1-2-6-15(13)23(21,22)20-7-3-4-8-20/h1-2,5-6,19H,3-4,7-8H2. The van der Waals surface area contributed by atoms with E-state index in [2.05, 4.69) is 5.32 Å². The molecule has 2 rings (SSSR count). The van der Waals surface area contributed by atoms with Gasteiger partial charge in [0.2, 0.25) is 10.0 Å². The number of rotatable bonds is 4. The van der Waals surface area contributed by atoms with Crippen LogP contribution in [0.2, 0.25) is 0 Å². The number of allylic oxidation sites excluding steroid dienone is 2. The van der Waals surface area contributed by atoms with Gasteiger partial charge in [-0.15, -0.1) is 0 Å². The Balaban J connectivity index is 2.48. The second-order valence-electron chi connectivity index (χ2n) is 4.82. The van der Waals surface area contributed by atoms with Crippen LogP contribution < -0.4 is 5.32 Å². The summed E-state index contributed by atoms with van der Waals surface area (Å²) in [7, 11) is -3.69. The summed E-state index contributed by atoms with van der Waals surface area (Å²) in [6, 6.07) is 11.1. The van der Waals surface area contributed by atoms with Crippen LogP contribution in [0.4, 0.5) is 5.69 Å². The van der Waals surface area contributed by atoms with Crippen LogP contribution >= 0.6 is 0 Å². The molecule has 0 saturated carbocycles. The Morgan fingerprint density at radius 3 is 2.22 bits per heavy atom. The minimum absolute atomic E-state index is 0.0184. The second kappa shape index (κ2) is 6.93. The predicted octanol–water partition coefficient (Wildman–Crippen LogP) is 1.71. The SMILES string of the molecule is N#CC(C#N)=C(C#N)Nc1ccccc1S(=O)(=O)N1CCCC1. The molecule has 1 aromatic rings. The van der Waals surface area contributed by atoms with Gasteiger partial charge in [0.05, 0.1) is 5.69 Å². The first-order valence-corrected chi connectivity index (χ1v) is 8.29. The van der Waals surface area contributed by atoms with Crippen LogP contribution in [0.25, 0.3) is 0 Å². The summed E-state index contributed by atoms with van der Waals surface area (Å²) >= 11 is 0. The van der Waals surface area contributed by atoms with Crippen molar-refractivity contribution in [1.29, 1.82) is 15.8 Å². The first kappa shape index (κ1) is 16.5. The zero-order chi connectivity index (χ0) is 16.9. The number of hydrogen-bond acceptors (Lipinski definition) is 6. The van der Waals surface area contributed by atoms with Crippen LogP contribution in [0.1, 0.15) is 12.8 Å². The van der Waals surface area contributed by atoms with Crippen molar-refractivity contribution in [2.45, 2.75) is 17.7 Å². The highest BCUT2D eigenvalue weighted by molar-refractivity contribution is 7.89. The third-order valence-corrected chi connectivity index (χ3v) is 5.37. The van der Waals surface area contributed by atoms with Crippen molar-refractivity contribution < 1.29 is 8.42 Å². The predicted molar refractivity (Wildman–Crippen MR) is 81.9 cm³/mol. The number of nitriles is 3. The zero-order valence-corrected chi connectivity index (χ0v) is 13.0. The van der Waals surface area contributed by atoms with E-state index in [9.17, 15) is 8.42 Å². The topological polar surface area (TPSA) is 121 Å². The summed E-state index contributed by atoms with van der Waals surface area (Å²) in [5.74, 6) is 0. The number of sulfonamides is 1. The Morgan fingerprint density at radius 2 is 1.65 bits per heavy atom. The highest BCUT2D eigenvalue weighted by Crippen LogP contribution is 2.28. The largest absolute Gasteiger partial charge is 0.344 e. The normalized spacial score (nSPS) is 14.3. The van der Waals surface area contributed by atoms with Gasteiger partial charge in [0.25, 0.3) is 0 Å². The highest BCUT2D eigenvalue weighted by Gasteiger charge is 2.29. The average molecular weight is 327 g/mol. The van der Waals surface area contributed by atoms with Gasteiger partial charge in [-0.3, -0.25) is 0 Å². The van der Waals surface area contributed by atoms with Gasteiger partial charge in [-0.1, -0.05) is 12.1 Å². The van der Waals surface area contributed by atoms with Crippen LogP contribution in [-0.2, 0) is 10.0 Å². The fourth-order valence-electron chi connectivity index (χ4n) is 2.28. The quantitative estimate of drug-likeness (QED) is 0.840. The van der Waals surface area contributed by atoms with Crippen LogP contribution in [0, 0.1) is 34.0 Å². The average Bonchev–Trinajstić information content (AvgIpc) is 3.10. The second-order valence-corrected chi connectivity index (χ2v) is 6.72. The molecule has 0 aliphatic carbocycles. The van der Waals surface area contributed by atoms with Crippen LogP contribution in [0.5, 0.6) is 0 Å². The Labute approximate surface area is 134 Å². The number of nitrogens with one attached hydrogen (secondary N) is 1. The first-order chi connectivity index (χ1) is 11.0. The number of hydrogen-bond donors (Lipinski definition) is 1. The van der Waals surface area contributed by atoms with Crippen molar-refractivity contribution >= 4 is 15.7 Å². The van der Waals surface area contributed by atoms with Gasteiger partial charge in [0.15, 0.2) is 5.57 Å². The minimum atomic E-state index is -3.69. The van der Waals surface area contributed by atoms with E-state index in [4.69, 9.17) is 15.8 Å². The maximum Gasteiger partial charge on any atom is 0.245 e. The van der Waals surface area contributed by atoms with E-state index in [-0.39, 0.29) is 16.3 Å². The van der Waals surface area contributed by atoms with Crippen molar-refractivity contribution in [2.75, 3.05) is 18.4 Å². The Morgan fingerprint density at radius 1 is 1.04 bits per heavy atom. The summed E-state index contributed by atoms with van der Waals surface area (Å²) in [6.45, 7) is 0.915. The minimum Gasteiger partial charge on any atom is -0.344 e. The summed E-state index contributed by atoms with van der Waals surface area (Å²) in [6.07, 6.45) is 1.62. The van der Waals surface area contributed by atoms with E-state index in [1.165, 1.54) is 16.4 Å². The number of benzene rings is 1. The molecule has 0 aromatic heterocycles. The molecule has 0 spiro atoms. The summed E-state index contributed by atoms with van der Waals surface area (Å²) in [4.78, 5) is 0.0184. The van der Waals surface area contributed by atoms with Gasteiger partial charge in [-0.05, 0) is 25.0 Å². The van der Waals surface area contributed by atoms with Crippen LogP contribution in [-0.4, -0.2) is 25.8 Å². The molecule has 1 saturated heterocycles. The third-order valence-electron chi connectivity index (χ3n) is 3.41. The molecule has 1 heterocycles. The van der Waals surface area contributed by atoms with Crippen molar-refractivity contribution in [3.8, 4) is 18.2 Å². The smallest absolute Gasteiger partial charge is 0.245 e. The molecule has 0 amide bonds. The van der Waals surface area contributed by atoms with E-state index in [1.54, 1.807) is 30.3 Å². The number of nitrogens with zero attached hydrogens (tertiary/aromatic N) is 4. The molecule has 116 valence electrons. The molecule has 0 radical (unpaired) electrons. The Kier molecular flexibility index (Phi) is 4.98. The fraction of sp³-hybridized carbons (Fsp3) is 0.267. The third kappa shape index (κ3) is 3.32. The maximum atomic E-state index is 12.7. The van der Waals surface area contributed by atoms with Gasteiger partial charge in [-0.25, -0.2) is 8.42 Å². The first-order valence-electron chi connectivity index (χ1n) is 6.85. The van der Waals surface area contributed by atoms with Crippen molar-refractivity contribution in [2.24, 2.45) is 0 Å². The molecule has 23 heavy (non-hydrogen) atoms. The number of para-hydroxylation sites is 1. The molecule has 1 aliphatic heterocycles. The van der Waals surface area contributed by atoms with E-state index in [1.807, 2.05) is 0 Å². The molecule has 1 aliphatic rings. The van der Waals surface area contributed by atoms with Crippen molar-refractivity contribution in [3.63, 3.8) is 0 Å². The molecule has 8 heteroatoms. The fourth-order valence-corrected chi connectivity index (χ4v) is 3.94. The molecule has 1 fully saturated rings. The van der Waals surface area contributed by atoms with Gasteiger partial charge in [-0.2, -0.15) is 20.1 Å². The lowest BCUT2D eigenvalue weighted by atomic mass is 10.2. The van der Waals surface area contributed by atoms with Gasteiger partial charge in [0.1, 0.15) is 28.8 Å². The molecule has 0 unspecified atom stereocenters. The maximum absolute atomic E-state index is 12.7. The molecular weight excluding hydrogens is 314 g/mol. The summed E-state index contributed by atoms with van der Waals surface area (Å²) in [5.41, 5.74) is -0.515. The van der Waals surface area contributed by atoms with E-state index >= 15 is 0 Å². The molecule has 0 bridgehead atoms. The molecule has 1 N–H and O–H groups in total. The van der Waals surface area contributed by atoms with Crippen molar-refractivity contribution in [3.05, 3.63) is 35.5 Å². The van der Waals surface area contributed by atoms with Gasteiger partial charge in [0, 0.05) is 13.1 Å². The van der Waals surface area contributed by atoms with Crippen LogP contribution in [0.3, 0.4) is 0 Å². The number of anilines is 1. The van der Waals surface area contributed by atoms with Gasteiger partial charge < -0.3 is 5.32 Å². The van der Waals surface area contributed by atoms with E-state index < -0.39 is 15.6 Å². The zero-order valence-electron chi connectivity index (χ0n) is 12.2. The Bertz CT molecular complexity index is 846. The lowest BCUT2D eigenvalue weighted by Crippen LogP contribution is -2.28. The van der Waals surface area contributed by atoms with E-state index in [0.717, 1.165) is 12.8 Å². The van der Waals surface area contributed by atoms with Crippen LogP contribution in [0.15, 0.2) is 40.4 Å². The lowest BCUT2D eigenvalue weighted by molar-refractivity contribution is 0.478. The summed E-state index contributed by atoms with van der Waals surface area (Å²) in [5, 5.41) is 29.4. The summed E-state index contributed by atoms with van der Waals surface area (Å²) < 4.78 is 26.8. The molecule has 1 aromatic carbocycles. The molecule has 0 atom stereocenters. The monoisotopic (exact) mass is 327 g/mol. The molecule has 7 nitrogen and oxygen atoms in total. The van der Waals surface area contributed by atoms with Gasteiger partial charge >= 0.3 is 0 Å². The highest BCUT2D eigenvalue weighted by atomic mass is 32.2. The van der Waals surface area contributed by atoms with Crippen molar-refractivity contribution in [1.82, 2.24) is 4.31 Å².